The molecule has 0 heterocycles. The van der Waals surface area contributed by atoms with Crippen molar-refractivity contribution in [1.29, 1.82) is 5.26 Å². The maximum absolute atomic E-state index is 8.39. The van der Waals surface area contributed by atoms with Gasteiger partial charge in [0.2, 0.25) is 0 Å². The standard InChI is InChI=1S/C11H22N2O/c1-9(2)13(10(3)4)11(5)14-8-6-7-12/h9-11H,6,8H2,1-5H3. The quantitative estimate of drug-likeness (QED) is 0.485. The fourth-order valence-electron chi connectivity index (χ4n) is 1.80. The number of hydrogen-bond acceptors (Lipinski definition) is 3. The van der Waals surface area contributed by atoms with E-state index in [9.17, 15) is 0 Å². The van der Waals surface area contributed by atoms with Crippen LogP contribution in [0.15, 0.2) is 0 Å². The molecule has 0 aromatic carbocycles. The Morgan fingerprint density at radius 1 is 1.14 bits per heavy atom. The second-order valence-corrected chi connectivity index (χ2v) is 4.01. The van der Waals surface area contributed by atoms with Gasteiger partial charge in [0.05, 0.1) is 19.1 Å². The summed E-state index contributed by atoms with van der Waals surface area (Å²) in [5.74, 6) is 0. The first-order valence-electron chi connectivity index (χ1n) is 5.26. The van der Waals surface area contributed by atoms with Gasteiger partial charge in [0, 0.05) is 12.1 Å². The lowest BCUT2D eigenvalue weighted by atomic mass is 10.2. The fraction of sp³-hybridized carbons (Fsp3) is 0.909. The summed E-state index contributed by atoms with van der Waals surface area (Å²) in [5.41, 5.74) is 0. The highest BCUT2D eigenvalue weighted by Crippen LogP contribution is 2.11. The van der Waals surface area contributed by atoms with Crippen molar-refractivity contribution < 1.29 is 4.74 Å². The van der Waals surface area contributed by atoms with Crippen LogP contribution in [0.1, 0.15) is 41.0 Å². The Hall–Kier alpha value is -0.590. The molecule has 0 fully saturated rings. The molecule has 0 radical (unpaired) electrons. The molecule has 3 nitrogen and oxygen atoms in total. The molecule has 0 saturated heterocycles. The third kappa shape index (κ3) is 4.59. The minimum atomic E-state index is 0.0864. The van der Waals surface area contributed by atoms with E-state index in [0.29, 0.717) is 25.1 Å². The SMILES string of the molecule is CC(C)N(C(C)C)C(C)OCCC#N. The van der Waals surface area contributed by atoms with Crippen LogP contribution in [0.4, 0.5) is 0 Å². The molecular formula is C11H22N2O. The van der Waals surface area contributed by atoms with E-state index in [-0.39, 0.29) is 6.23 Å². The van der Waals surface area contributed by atoms with Crippen LogP contribution in [-0.2, 0) is 4.74 Å². The Balaban J connectivity index is 4.03. The minimum absolute atomic E-state index is 0.0864. The molecule has 1 atom stereocenters. The third-order valence-electron chi connectivity index (χ3n) is 2.19. The smallest absolute Gasteiger partial charge is 0.108 e. The summed E-state index contributed by atoms with van der Waals surface area (Å²) in [6, 6.07) is 3.01. The lowest BCUT2D eigenvalue weighted by Gasteiger charge is -2.35. The van der Waals surface area contributed by atoms with E-state index in [2.05, 4.69) is 38.7 Å². The molecule has 0 aromatic rings. The van der Waals surface area contributed by atoms with Gasteiger partial charge in [0.15, 0.2) is 0 Å². The highest BCUT2D eigenvalue weighted by Gasteiger charge is 2.20. The largest absolute Gasteiger partial charge is 0.362 e. The molecule has 0 bridgehead atoms. The third-order valence-corrected chi connectivity index (χ3v) is 2.19. The maximum atomic E-state index is 8.39. The van der Waals surface area contributed by atoms with Gasteiger partial charge in [-0.15, -0.1) is 0 Å². The van der Waals surface area contributed by atoms with Crippen molar-refractivity contribution in [2.45, 2.75) is 59.4 Å². The van der Waals surface area contributed by atoms with E-state index in [1.807, 2.05) is 6.92 Å². The Labute approximate surface area is 87.7 Å². The molecule has 0 spiro atoms. The van der Waals surface area contributed by atoms with Gasteiger partial charge in [0.25, 0.3) is 0 Å². The topological polar surface area (TPSA) is 36.3 Å². The molecule has 0 N–H and O–H groups in total. The van der Waals surface area contributed by atoms with Crippen molar-refractivity contribution in [1.82, 2.24) is 4.90 Å². The first-order valence-corrected chi connectivity index (χ1v) is 5.26. The fourth-order valence-corrected chi connectivity index (χ4v) is 1.80. The van der Waals surface area contributed by atoms with Crippen molar-refractivity contribution in [3.05, 3.63) is 0 Å². The van der Waals surface area contributed by atoms with Gasteiger partial charge in [-0.25, -0.2) is 0 Å². The molecule has 0 aliphatic carbocycles. The zero-order valence-electron chi connectivity index (χ0n) is 9.95. The highest BCUT2D eigenvalue weighted by atomic mass is 16.5. The van der Waals surface area contributed by atoms with Crippen LogP contribution in [0, 0.1) is 11.3 Å². The summed E-state index contributed by atoms with van der Waals surface area (Å²) in [7, 11) is 0. The van der Waals surface area contributed by atoms with E-state index < -0.39 is 0 Å². The van der Waals surface area contributed by atoms with Crippen LogP contribution in [-0.4, -0.2) is 29.8 Å². The van der Waals surface area contributed by atoms with Crippen molar-refractivity contribution >= 4 is 0 Å². The minimum Gasteiger partial charge on any atom is -0.362 e. The van der Waals surface area contributed by atoms with Crippen molar-refractivity contribution in [2.75, 3.05) is 6.61 Å². The van der Waals surface area contributed by atoms with Gasteiger partial charge >= 0.3 is 0 Å². The van der Waals surface area contributed by atoms with Gasteiger partial charge in [-0.1, -0.05) is 0 Å². The van der Waals surface area contributed by atoms with Gasteiger partial charge in [-0.05, 0) is 34.6 Å². The predicted molar refractivity (Wildman–Crippen MR) is 57.8 cm³/mol. The van der Waals surface area contributed by atoms with Crippen LogP contribution in [0.5, 0.6) is 0 Å². The summed E-state index contributed by atoms with van der Waals surface area (Å²) in [4.78, 5) is 2.29. The van der Waals surface area contributed by atoms with Gasteiger partial charge < -0.3 is 4.74 Å². The summed E-state index contributed by atoms with van der Waals surface area (Å²) < 4.78 is 5.57. The lowest BCUT2D eigenvalue weighted by Crippen LogP contribution is -2.45. The van der Waals surface area contributed by atoms with E-state index in [1.54, 1.807) is 0 Å². The number of rotatable bonds is 6. The van der Waals surface area contributed by atoms with E-state index in [4.69, 9.17) is 10.00 Å². The van der Waals surface area contributed by atoms with Crippen LogP contribution >= 0.6 is 0 Å². The molecule has 14 heavy (non-hydrogen) atoms. The zero-order chi connectivity index (χ0) is 11.1. The molecule has 0 rings (SSSR count). The highest BCUT2D eigenvalue weighted by molar-refractivity contribution is 4.71. The number of hydrogen-bond donors (Lipinski definition) is 0. The molecule has 0 amide bonds. The Morgan fingerprint density at radius 2 is 1.64 bits per heavy atom. The summed E-state index contributed by atoms with van der Waals surface area (Å²) >= 11 is 0. The van der Waals surface area contributed by atoms with Crippen molar-refractivity contribution in [3.8, 4) is 6.07 Å². The first kappa shape index (κ1) is 13.4. The van der Waals surface area contributed by atoms with Crippen molar-refractivity contribution in [2.24, 2.45) is 0 Å². The average molecular weight is 198 g/mol. The van der Waals surface area contributed by atoms with E-state index >= 15 is 0 Å². The molecule has 0 saturated carbocycles. The Morgan fingerprint density at radius 3 is 2.00 bits per heavy atom. The Kier molecular flexibility index (Phi) is 6.52. The first-order chi connectivity index (χ1) is 6.50. The molecular weight excluding hydrogens is 176 g/mol. The van der Waals surface area contributed by atoms with Crippen molar-refractivity contribution in [3.63, 3.8) is 0 Å². The molecule has 3 heteroatoms. The van der Waals surface area contributed by atoms with Crippen LogP contribution in [0.3, 0.4) is 0 Å². The normalized spacial score (nSPS) is 13.6. The number of ether oxygens (including phenoxy) is 1. The van der Waals surface area contributed by atoms with E-state index in [1.165, 1.54) is 0 Å². The number of nitriles is 1. The summed E-state index contributed by atoms with van der Waals surface area (Å²) in [6.45, 7) is 11.2. The molecule has 1 unspecified atom stereocenters. The predicted octanol–water partition coefficient (Wildman–Crippen LogP) is 2.38. The molecule has 82 valence electrons. The second-order valence-electron chi connectivity index (χ2n) is 4.01. The number of nitrogens with zero attached hydrogens (tertiary/aromatic N) is 2. The average Bonchev–Trinajstić information content (AvgIpc) is 2.03. The van der Waals surface area contributed by atoms with Crippen LogP contribution in [0.25, 0.3) is 0 Å². The Bertz CT molecular complexity index is 176. The van der Waals surface area contributed by atoms with Gasteiger partial charge in [-0.3, -0.25) is 4.90 Å². The summed E-state index contributed by atoms with van der Waals surface area (Å²) in [6.07, 6.45) is 0.553. The molecule has 0 aromatic heterocycles. The van der Waals surface area contributed by atoms with Crippen LogP contribution in [0.2, 0.25) is 0 Å². The van der Waals surface area contributed by atoms with Gasteiger partial charge in [-0.2, -0.15) is 5.26 Å². The molecule has 0 aliphatic rings. The van der Waals surface area contributed by atoms with E-state index in [0.717, 1.165) is 0 Å². The molecule has 0 aliphatic heterocycles. The van der Waals surface area contributed by atoms with Crippen LogP contribution < -0.4 is 0 Å². The summed E-state index contributed by atoms with van der Waals surface area (Å²) in [5, 5.41) is 8.39. The van der Waals surface area contributed by atoms with Gasteiger partial charge in [0.1, 0.15) is 6.23 Å². The lowest BCUT2D eigenvalue weighted by molar-refractivity contribution is -0.0747. The maximum Gasteiger partial charge on any atom is 0.108 e. The second kappa shape index (κ2) is 6.80. The monoisotopic (exact) mass is 198 g/mol. The zero-order valence-corrected chi connectivity index (χ0v) is 9.95.